The van der Waals surface area contributed by atoms with E-state index in [1.165, 1.54) is 12.1 Å². The highest BCUT2D eigenvalue weighted by atomic mass is 16.3. The van der Waals surface area contributed by atoms with Crippen LogP contribution in [0, 0.1) is 0 Å². The predicted molar refractivity (Wildman–Crippen MR) is 183 cm³/mol. The van der Waals surface area contributed by atoms with Gasteiger partial charge in [0.15, 0.2) is 0 Å². The lowest BCUT2D eigenvalue weighted by Crippen LogP contribution is -1.91. The second-order valence-corrected chi connectivity index (χ2v) is 10.4. The molecule has 43 heavy (non-hydrogen) atoms. The molecule has 1 heterocycles. The summed E-state index contributed by atoms with van der Waals surface area (Å²) in [4.78, 5) is 0. The topological polar surface area (TPSA) is 13.1 Å². The smallest absolute Gasteiger partial charge is 0.143 e. The van der Waals surface area contributed by atoms with Crippen molar-refractivity contribution in [2.24, 2.45) is 0 Å². The Morgan fingerprint density at radius 1 is 0.419 bits per heavy atom. The van der Waals surface area contributed by atoms with E-state index in [2.05, 4.69) is 6.07 Å². The molecule has 1 nitrogen and oxygen atoms in total. The lowest BCUT2D eigenvalue weighted by Gasteiger charge is -2.18. The molecule has 1 aromatic heterocycles. The lowest BCUT2D eigenvalue weighted by atomic mass is 9.85. The normalized spacial score (nSPS) is 15.3. The summed E-state index contributed by atoms with van der Waals surface area (Å²) in [6, 6.07) is 24.4. The molecule has 0 aliphatic heterocycles. The van der Waals surface area contributed by atoms with Crippen molar-refractivity contribution >= 4 is 54.3 Å². The van der Waals surface area contributed by atoms with Gasteiger partial charge in [-0.25, -0.2) is 0 Å². The maximum atomic E-state index is 9.27. The van der Waals surface area contributed by atoms with E-state index >= 15 is 0 Å². The molecular weight excluding hydrogens is 520 g/mol. The van der Waals surface area contributed by atoms with Gasteiger partial charge in [-0.3, -0.25) is 0 Å². The number of hydrogen-bond donors (Lipinski definition) is 0. The molecule has 0 saturated carbocycles. The Hall–Kier alpha value is -5.66. The Labute approximate surface area is 264 Å². The van der Waals surface area contributed by atoms with Gasteiger partial charge < -0.3 is 4.42 Å². The molecule has 0 bridgehead atoms. The summed E-state index contributed by atoms with van der Waals surface area (Å²) < 4.78 is 102. The number of benzene rings is 8. The molecule has 0 unspecified atom stereocenters. The zero-order chi connectivity index (χ0) is 37.9. The van der Waals surface area contributed by atoms with Gasteiger partial charge in [0, 0.05) is 21.9 Å². The van der Waals surface area contributed by atoms with Crippen molar-refractivity contribution in [1.29, 1.82) is 0 Å². The number of rotatable bonds is 3. The first-order valence-electron chi connectivity index (χ1n) is 19.4. The Morgan fingerprint density at radius 3 is 1.88 bits per heavy atom. The molecule has 200 valence electrons. The van der Waals surface area contributed by atoms with Crippen LogP contribution in [0.15, 0.2) is 162 Å². The van der Waals surface area contributed by atoms with E-state index in [4.69, 9.17) is 18.1 Å². The van der Waals surface area contributed by atoms with Crippen LogP contribution in [0.3, 0.4) is 0 Å². The van der Waals surface area contributed by atoms with E-state index in [9.17, 15) is 1.37 Å². The highest BCUT2D eigenvalue weighted by Crippen LogP contribution is 2.46. The van der Waals surface area contributed by atoms with Crippen LogP contribution in [0.4, 0.5) is 0 Å². The average molecular weight is 558 g/mol. The summed E-state index contributed by atoms with van der Waals surface area (Å²) in [5, 5.41) is 3.76. The van der Waals surface area contributed by atoms with Crippen molar-refractivity contribution in [3.63, 3.8) is 0 Å². The van der Waals surface area contributed by atoms with Crippen LogP contribution in [-0.2, 0) is 0 Å². The number of furan rings is 1. The lowest BCUT2D eigenvalue weighted by molar-refractivity contribution is 0.670. The third kappa shape index (κ3) is 3.65. The Balaban J connectivity index is 1.47. The van der Waals surface area contributed by atoms with Gasteiger partial charge in [0.1, 0.15) is 11.2 Å². The van der Waals surface area contributed by atoms with Gasteiger partial charge in [-0.15, -0.1) is 0 Å². The molecule has 8 aromatic carbocycles. The van der Waals surface area contributed by atoms with Crippen molar-refractivity contribution < 1.29 is 19.5 Å². The van der Waals surface area contributed by atoms with Crippen molar-refractivity contribution in [3.8, 4) is 33.4 Å². The first-order chi connectivity index (χ1) is 25.9. The zero-order valence-electron chi connectivity index (χ0n) is 33.6. The SMILES string of the molecule is [2H]c1cc2c(-c3cccc(-c4cccc5ccccc45)c3)c3cc([2H])c([2H])cc3c(-c3c([2H])c([2H])c([2H])c4c3oc3c([2H])c([2H])c([2H])c([2H])c34)c2cc1[2H]. The van der Waals surface area contributed by atoms with Gasteiger partial charge in [0.2, 0.25) is 0 Å². The zero-order valence-corrected chi connectivity index (χ0v) is 22.6. The summed E-state index contributed by atoms with van der Waals surface area (Å²) in [5.41, 5.74) is 3.21. The molecule has 0 amide bonds. The summed E-state index contributed by atoms with van der Waals surface area (Å²) >= 11 is 0. The fraction of sp³-hybridized carbons (Fsp3) is 0. The Kier molecular flexibility index (Phi) is 3.41. The monoisotopic (exact) mass is 557 g/mol. The van der Waals surface area contributed by atoms with Crippen LogP contribution in [0.1, 0.15) is 15.1 Å². The highest BCUT2D eigenvalue weighted by Gasteiger charge is 2.20. The van der Waals surface area contributed by atoms with E-state index in [0.29, 0.717) is 27.1 Å². The average Bonchev–Trinajstić information content (AvgIpc) is 3.57. The molecule has 9 aromatic rings. The van der Waals surface area contributed by atoms with E-state index in [-0.39, 0.29) is 57.2 Å². The van der Waals surface area contributed by atoms with Crippen molar-refractivity contribution in [2.45, 2.75) is 0 Å². The molecule has 0 fully saturated rings. The first kappa shape index (κ1) is 15.5. The first-order valence-corrected chi connectivity index (χ1v) is 13.9. The maximum absolute atomic E-state index is 9.27. The van der Waals surface area contributed by atoms with Gasteiger partial charge in [-0.05, 0) is 66.7 Å². The molecule has 9 rings (SSSR count). The summed E-state index contributed by atoms with van der Waals surface area (Å²) in [6.45, 7) is 0. The highest BCUT2D eigenvalue weighted by molar-refractivity contribution is 6.24. The minimum atomic E-state index is -0.536. The molecule has 0 saturated heterocycles. The van der Waals surface area contributed by atoms with Gasteiger partial charge >= 0.3 is 0 Å². The quantitative estimate of drug-likeness (QED) is 0.197. The number of hydrogen-bond acceptors (Lipinski definition) is 1. The molecule has 0 N–H and O–H groups in total. The molecule has 0 atom stereocenters. The Bertz CT molecular complexity index is 3060. The predicted octanol–water partition coefficient (Wildman–Crippen LogP) is 12.0. The van der Waals surface area contributed by atoms with E-state index in [1.54, 1.807) is 12.1 Å². The number of para-hydroxylation sites is 2. The summed E-state index contributed by atoms with van der Waals surface area (Å²) in [7, 11) is 0. The van der Waals surface area contributed by atoms with Gasteiger partial charge in [-0.1, -0.05) is 145 Å². The van der Waals surface area contributed by atoms with Crippen molar-refractivity contribution in [2.75, 3.05) is 0 Å². The molecular formula is C42H26O. The summed E-state index contributed by atoms with van der Waals surface area (Å²) in [6.07, 6.45) is 0. The minimum Gasteiger partial charge on any atom is -0.455 e. The fourth-order valence-corrected chi connectivity index (χ4v) is 6.29. The molecule has 0 aliphatic rings. The molecule has 0 spiro atoms. The van der Waals surface area contributed by atoms with Crippen LogP contribution in [0.2, 0.25) is 0 Å². The van der Waals surface area contributed by atoms with Crippen LogP contribution >= 0.6 is 0 Å². The van der Waals surface area contributed by atoms with Crippen molar-refractivity contribution in [1.82, 2.24) is 0 Å². The maximum Gasteiger partial charge on any atom is 0.143 e. The standard InChI is InChI=1S/C42H26O/c1-2-16-30-27(12-1)13-10-22-31(30)28-14-9-15-29(26-28)40-33-18-3-5-20-35(33)41(36-21-6-4-19-34(36)40)38-24-11-23-37-32-17-7-8-25-39(32)43-42(37)38/h1-26H/i3D,4D,5D,6D,7D,8D,11D,17D,23D,24D,25D. The molecule has 0 radical (unpaired) electrons. The van der Waals surface area contributed by atoms with Crippen molar-refractivity contribution in [3.05, 3.63) is 157 Å². The third-order valence-electron chi connectivity index (χ3n) is 8.13. The van der Waals surface area contributed by atoms with Gasteiger partial charge in [-0.2, -0.15) is 0 Å². The second kappa shape index (κ2) is 9.44. The number of fused-ring (bicyclic) bond motifs is 6. The van der Waals surface area contributed by atoms with Crippen LogP contribution in [-0.4, -0.2) is 0 Å². The van der Waals surface area contributed by atoms with Gasteiger partial charge in [0.25, 0.3) is 0 Å². The fourth-order valence-electron chi connectivity index (χ4n) is 6.29. The van der Waals surface area contributed by atoms with Crippen LogP contribution < -0.4 is 0 Å². The largest absolute Gasteiger partial charge is 0.455 e. The second-order valence-electron chi connectivity index (χ2n) is 10.4. The summed E-state index contributed by atoms with van der Waals surface area (Å²) in [5.74, 6) is 0. The molecule has 1 heteroatoms. The van der Waals surface area contributed by atoms with E-state index < -0.39 is 42.3 Å². The van der Waals surface area contributed by atoms with E-state index in [1.807, 2.05) is 60.7 Å². The van der Waals surface area contributed by atoms with Crippen LogP contribution in [0.25, 0.3) is 87.6 Å². The minimum absolute atomic E-state index is 0.000575. The Morgan fingerprint density at radius 2 is 1.07 bits per heavy atom. The van der Waals surface area contributed by atoms with Crippen LogP contribution in [0.5, 0.6) is 0 Å². The molecule has 0 aliphatic carbocycles. The van der Waals surface area contributed by atoms with E-state index in [0.717, 1.165) is 27.5 Å². The van der Waals surface area contributed by atoms with Gasteiger partial charge in [0.05, 0.1) is 15.1 Å². The third-order valence-corrected chi connectivity index (χ3v) is 8.13.